The van der Waals surface area contributed by atoms with E-state index in [-0.39, 0.29) is 5.82 Å². The summed E-state index contributed by atoms with van der Waals surface area (Å²) in [5, 5.41) is 0.423. The standard InChI is InChI=1S/C17H19ClFN/c1-3-12-4-7-14(8-5-12)17(2,20)11-13-6-9-15(19)10-16(13)18/h4-10H,3,11,20H2,1-2H3. The van der Waals surface area contributed by atoms with Gasteiger partial charge in [0.25, 0.3) is 0 Å². The van der Waals surface area contributed by atoms with Crippen molar-refractivity contribution < 1.29 is 4.39 Å². The third-order valence-electron chi connectivity index (χ3n) is 3.59. The van der Waals surface area contributed by atoms with Crippen molar-refractivity contribution in [2.75, 3.05) is 0 Å². The van der Waals surface area contributed by atoms with Gasteiger partial charge in [0.05, 0.1) is 0 Å². The van der Waals surface area contributed by atoms with E-state index < -0.39 is 5.54 Å². The first-order valence-corrected chi connectivity index (χ1v) is 7.12. The Morgan fingerprint density at radius 3 is 2.35 bits per heavy atom. The van der Waals surface area contributed by atoms with Crippen LogP contribution in [0.25, 0.3) is 0 Å². The fourth-order valence-electron chi connectivity index (χ4n) is 2.28. The molecule has 0 heterocycles. The highest BCUT2D eigenvalue weighted by Crippen LogP contribution is 2.27. The van der Waals surface area contributed by atoms with Crippen molar-refractivity contribution in [2.45, 2.75) is 32.2 Å². The molecular weight excluding hydrogens is 273 g/mol. The molecule has 0 saturated heterocycles. The number of rotatable bonds is 4. The number of nitrogens with two attached hydrogens (primary N) is 1. The third kappa shape index (κ3) is 3.38. The average molecular weight is 292 g/mol. The molecule has 2 rings (SSSR count). The van der Waals surface area contributed by atoms with Crippen LogP contribution in [0.15, 0.2) is 42.5 Å². The summed E-state index contributed by atoms with van der Waals surface area (Å²) in [4.78, 5) is 0. The first-order chi connectivity index (χ1) is 9.42. The van der Waals surface area contributed by atoms with Gasteiger partial charge in [-0.25, -0.2) is 4.39 Å². The van der Waals surface area contributed by atoms with Gasteiger partial charge in [-0.2, -0.15) is 0 Å². The molecule has 2 aromatic rings. The molecule has 0 aromatic heterocycles. The Bertz CT molecular complexity index is 590. The molecule has 1 nitrogen and oxygen atoms in total. The normalized spacial score (nSPS) is 14.1. The molecule has 1 atom stereocenters. The van der Waals surface area contributed by atoms with Crippen molar-refractivity contribution in [1.29, 1.82) is 0 Å². The summed E-state index contributed by atoms with van der Waals surface area (Å²) in [6.45, 7) is 4.09. The summed E-state index contributed by atoms with van der Waals surface area (Å²) >= 11 is 6.08. The van der Waals surface area contributed by atoms with E-state index in [9.17, 15) is 4.39 Å². The molecule has 3 heteroatoms. The largest absolute Gasteiger partial charge is 0.321 e. The van der Waals surface area contributed by atoms with Crippen LogP contribution in [0.5, 0.6) is 0 Å². The van der Waals surface area contributed by atoms with Crippen LogP contribution in [-0.2, 0) is 18.4 Å². The summed E-state index contributed by atoms with van der Waals surface area (Å²) in [6, 6.07) is 12.7. The summed E-state index contributed by atoms with van der Waals surface area (Å²) in [6.07, 6.45) is 1.57. The van der Waals surface area contributed by atoms with Gasteiger partial charge in [0.15, 0.2) is 0 Å². The first kappa shape index (κ1) is 15.0. The lowest BCUT2D eigenvalue weighted by Gasteiger charge is -2.26. The van der Waals surface area contributed by atoms with Crippen molar-refractivity contribution in [2.24, 2.45) is 5.73 Å². The van der Waals surface area contributed by atoms with Gasteiger partial charge >= 0.3 is 0 Å². The van der Waals surface area contributed by atoms with Crippen molar-refractivity contribution in [3.63, 3.8) is 0 Å². The second-order valence-electron chi connectivity index (χ2n) is 5.38. The van der Waals surface area contributed by atoms with Crippen molar-refractivity contribution in [1.82, 2.24) is 0 Å². The van der Waals surface area contributed by atoms with Gasteiger partial charge in [0, 0.05) is 10.6 Å². The van der Waals surface area contributed by atoms with E-state index in [1.165, 1.54) is 17.7 Å². The Balaban J connectivity index is 2.25. The Kier molecular flexibility index (Phi) is 4.46. The molecule has 0 aliphatic heterocycles. The van der Waals surface area contributed by atoms with Crippen LogP contribution in [-0.4, -0.2) is 0 Å². The van der Waals surface area contributed by atoms with E-state index in [1.54, 1.807) is 6.07 Å². The lowest BCUT2D eigenvalue weighted by Crippen LogP contribution is -2.35. The van der Waals surface area contributed by atoms with E-state index in [1.807, 2.05) is 6.92 Å². The smallest absolute Gasteiger partial charge is 0.124 e. The predicted octanol–water partition coefficient (Wildman–Crippen LogP) is 4.46. The molecule has 106 valence electrons. The van der Waals surface area contributed by atoms with Crippen LogP contribution < -0.4 is 5.73 Å². The highest BCUT2D eigenvalue weighted by molar-refractivity contribution is 6.31. The molecule has 0 saturated carbocycles. The molecule has 1 unspecified atom stereocenters. The maximum absolute atomic E-state index is 13.1. The number of halogens is 2. The van der Waals surface area contributed by atoms with Gasteiger partial charge in [-0.15, -0.1) is 0 Å². The number of hydrogen-bond acceptors (Lipinski definition) is 1. The number of aryl methyl sites for hydroxylation is 1. The SMILES string of the molecule is CCc1ccc(C(C)(N)Cc2ccc(F)cc2Cl)cc1. The zero-order valence-electron chi connectivity index (χ0n) is 11.8. The lowest BCUT2D eigenvalue weighted by molar-refractivity contribution is 0.490. The summed E-state index contributed by atoms with van der Waals surface area (Å²) in [5.41, 5.74) is 9.07. The maximum Gasteiger partial charge on any atom is 0.124 e. The molecule has 0 bridgehead atoms. The molecule has 0 radical (unpaired) electrons. The second kappa shape index (κ2) is 5.94. The van der Waals surface area contributed by atoms with Gasteiger partial charge in [-0.1, -0.05) is 48.9 Å². The summed E-state index contributed by atoms with van der Waals surface area (Å²) in [7, 11) is 0. The van der Waals surface area contributed by atoms with E-state index in [0.29, 0.717) is 11.4 Å². The van der Waals surface area contributed by atoms with E-state index in [0.717, 1.165) is 17.5 Å². The average Bonchev–Trinajstić information content (AvgIpc) is 2.42. The van der Waals surface area contributed by atoms with Crippen LogP contribution >= 0.6 is 11.6 Å². The number of benzene rings is 2. The molecule has 0 spiro atoms. The third-order valence-corrected chi connectivity index (χ3v) is 3.95. The van der Waals surface area contributed by atoms with Gasteiger partial charge in [0.2, 0.25) is 0 Å². The summed E-state index contributed by atoms with van der Waals surface area (Å²) < 4.78 is 13.1. The van der Waals surface area contributed by atoms with E-state index in [4.69, 9.17) is 17.3 Å². The van der Waals surface area contributed by atoms with E-state index in [2.05, 4.69) is 31.2 Å². The second-order valence-corrected chi connectivity index (χ2v) is 5.79. The molecule has 2 aromatic carbocycles. The van der Waals surface area contributed by atoms with Crippen LogP contribution in [0.4, 0.5) is 4.39 Å². The van der Waals surface area contributed by atoms with Gasteiger partial charge < -0.3 is 5.73 Å². The lowest BCUT2D eigenvalue weighted by atomic mass is 9.86. The fourth-order valence-corrected chi connectivity index (χ4v) is 2.52. The van der Waals surface area contributed by atoms with E-state index >= 15 is 0 Å². The Morgan fingerprint density at radius 2 is 1.80 bits per heavy atom. The van der Waals surface area contributed by atoms with Crippen LogP contribution in [0.2, 0.25) is 5.02 Å². The molecule has 20 heavy (non-hydrogen) atoms. The van der Waals surface area contributed by atoms with Gasteiger partial charge in [-0.3, -0.25) is 0 Å². The van der Waals surface area contributed by atoms with Crippen molar-refractivity contribution >= 4 is 11.6 Å². The minimum Gasteiger partial charge on any atom is -0.321 e. The molecule has 2 N–H and O–H groups in total. The molecule has 0 aliphatic carbocycles. The summed E-state index contributed by atoms with van der Waals surface area (Å²) in [5.74, 6) is -0.329. The zero-order chi connectivity index (χ0) is 14.8. The Morgan fingerprint density at radius 1 is 1.15 bits per heavy atom. The highest BCUT2D eigenvalue weighted by Gasteiger charge is 2.22. The minimum absolute atomic E-state index is 0.329. The Labute approximate surface area is 124 Å². The molecule has 0 amide bonds. The maximum atomic E-state index is 13.1. The Hall–Kier alpha value is -1.38. The minimum atomic E-state index is -0.534. The van der Waals surface area contributed by atoms with Gasteiger partial charge in [0.1, 0.15) is 5.82 Å². The molecule has 0 fully saturated rings. The monoisotopic (exact) mass is 291 g/mol. The predicted molar refractivity (Wildman–Crippen MR) is 82.5 cm³/mol. The fraction of sp³-hybridized carbons (Fsp3) is 0.294. The van der Waals surface area contributed by atoms with Gasteiger partial charge in [-0.05, 0) is 48.6 Å². The highest BCUT2D eigenvalue weighted by atomic mass is 35.5. The zero-order valence-corrected chi connectivity index (χ0v) is 12.5. The van der Waals surface area contributed by atoms with Crippen LogP contribution in [0.3, 0.4) is 0 Å². The quantitative estimate of drug-likeness (QED) is 0.884. The van der Waals surface area contributed by atoms with Crippen LogP contribution in [0.1, 0.15) is 30.5 Å². The topological polar surface area (TPSA) is 26.0 Å². The first-order valence-electron chi connectivity index (χ1n) is 6.74. The van der Waals surface area contributed by atoms with Crippen molar-refractivity contribution in [3.8, 4) is 0 Å². The molecule has 0 aliphatic rings. The number of hydrogen-bond donors (Lipinski definition) is 1. The van der Waals surface area contributed by atoms with Crippen molar-refractivity contribution in [3.05, 3.63) is 70.0 Å². The molecular formula is C17H19ClFN. The van der Waals surface area contributed by atoms with Crippen LogP contribution in [0, 0.1) is 5.82 Å².